The lowest BCUT2D eigenvalue weighted by Gasteiger charge is -2.47. The van der Waals surface area contributed by atoms with Crippen molar-refractivity contribution in [3.63, 3.8) is 0 Å². The topological polar surface area (TPSA) is 106 Å². The van der Waals surface area contributed by atoms with Crippen LogP contribution in [0.3, 0.4) is 0 Å². The summed E-state index contributed by atoms with van der Waals surface area (Å²) in [5.41, 5.74) is 0.0312. The van der Waals surface area contributed by atoms with Gasteiger partial charge in [0.2, 0.25) is 5.95 Å². The van der Waals surface area contributed by atoms with Gasteiger partial charge in [0.15, 0.2) is 11.6 Å². The first-order valence-electron chi connectivity index (χ1n) is 12.9. The van der Waals surface area contributed by atoms with E-state index in [2.05, 4.69) is 31.0 Å². The number of fused-ring (bicyclic) bond motifs is 1. The van der Waals surface area contributed by atoms with E-state index in [0.29, 0.717) is 24.1 Å². The van der Waals surface area contributed by atoms with Crippen molar-refractivity contribution >= 4 is 17.5 Å². The van der Waals surface area contributed by atoms with Crippen molar-refractivity contribution < 1.29 is 17.6 Å². The van der Waals surface area contributed by atoms with Crippen LogP contribution in [0, 0.1) is 11.6 Å². The highest BCUT2D eigenvalue weighted by Crippen LogP contribution is 2.45. The Kier molecular flexibility index (Phi) is 5.93. The van der Waals surface area contributed by atoms with Crippen molar-refractivity contribution in [2.45, 2.75) is 75.4 Å². The average molecular weight is 548 g/mol. The third-order valence-electron chi connectivity index (χ3n) is 7.87. The van der Waals surface area contributed by atoms with Gasteiger partial charge in [0, 0.05) is 31.1 Å². The fourth-order valence-electron chi connectivity index (χ4n) is 5.94. The summed E-state index contributed by atoms with van der Waals surface area (Å²) in [5.74, 6) is -4.11. The summed E-state index contributed by atoms with van der Waals surface area (Å²) in [7, 11) is 1.47. The summed E-state index contributed by atoms with van der Waals surface area (Å²) < 4.78 is 60.3. The van der Waals surface area contributed by atoms with Gasteiger partial charge in [0.05, 0.1) is 24.1 Å². The quantitative estimate of drug-likeness (QED) is 0.450. The Morgan fingerprint density at radius 2 is 1.85 bits per heavy atom. The predicted octanol–water partition coefficient (Wildman–Crippen LogP) is 3.72. The molecule has 3 aromatic rings. The summed E-state index contributed by atoms with van der Waals surface area (Å²) in [6.07, 6.45) is 3.41. The molecule has 208 valence electrons. The number of piperidine rings is 1. The van der Waals surface area contributed by atoms with Gasteiger partial charge < -0.3 is 10.6 Å². The van der Waals surface area contributed by atoms with Crippen LogP contribution in [0.15, 0.2) is 23.1 Å². The van der Waals surface area contributed by atoms with E-state index in [1.807, 2.05) is 18.7 Å². The molecule has 14 heteroatoms. The summed E-state index contributed by atoms with van der Waals surface area (Å²) in [6, 6.07) is 2.17. The highest BCUT2D eigenvalue weighted by atomic mass is 19.3. The van der Waals surface area contributed by atoms with Crippen LogP contribution < -0.4 is 16.3 Å². The molecule has 6 rings (SSSR count). The summed E-state index contributed by atoms with van der Waals surface area (Å²) >= 11 is 0. The number of anilines is 3. The Morgan fingerprint density at radius 3 is 2.54 bits per heavy atom. The van der Waals surface area contributed by atoms with Gasteiger partial charge in [-0.2, -0.15) is 14.3 Å². The first-order chi connectivity index (χ1) is 18.4. The molecule has 2 saturated heterocycles. The number of aryl methyl sites for hydroxylation is 1. The molecule has 1 aromatic carbocycles. The fourth-order valence-corrected chi connectivity index (χ4v) is 5.94. The minimum atomic E-state index is -2.75. The molecule has 1 aliphatic carbocycles. The van der Waals surface area contributed by atoms with Crippen LogP contribution in [0.5, 0.6) is 0 Å². The van der Waals surface area contributed by atoms with Crippen molar-refractivity contribution in [2.24, 2.45) is 7.05 Å². The Hall–Kier alpha value is -3.55. The van der Waals surface area contributed by atoms with Crippen molar-refractivity contribution in [1.29, 1.82) is 0 Å². The van der Waals surface area contributed by atoms with E-state index >= 15 is 4.39 Å². The van der Waals surface area contributed by atoms with E-state index in [1.54, 1.807) is 0 Å². The van der Waals surface area contributed by atoms with Crippen molar-refractivity contribution in [3.8, 4) is 5.69 Å². The van der Waals surface area contributed by atoms with Gasteiger partial charge in [-0.25, -0.2) is 27.3 Å². The number of hydrogen-bond donors (Lipinski definition) is 2. The maximum absolute atomic E-state index is 15.1. The summed E-state index contributed by atoms with van der Waals surface area (Å²) in [5, 5.41) is 13.5. The third-order valence-corrected chi connectivity index (χ3v) is 7.87. The predicted molar refractivity (Wildman–Crippen MR) is 135 cm³/mol. The van der Waals surface area contributed by atoms with Gasteiger partial charge in [0.25, 0.3) is 5.92 Å². The molecular formula is C25H29F4N9O. The Bertz CT molecular complexity index is 1480. The third kappa shape index (κ3) is 4.85. The van der Waals surface area contributed by atoms with Gasteiger partial charge in [-0.3, -0.25) is 4.90 Å². The number of rotatable bonds is 6. The smallest absolute Gasteiger partial charge is 0.365 e. The molecule has 4 heterocycles. The fraction of sp³-hybridized carbons (Fsp3) is 0.560. The van der Waals surface area contributed by atoms with E-state index in [9.17, 15) is 18.0 Å². The van der Waals surface area contributed by atoms with Crippen LogP contribution in [0.25, 0.3) is 5.69 Å². The van der Waals surface area contributed by atoms with E-state index in [-0.39, 0.29) is 48.4 Å². The SMILES string of the molecule is Cn1nnn(-c2cc(Nc3ncc(F)c(N[C@@H]4C[C@@H]5CC(F)(F)CN5C(C)(C)C4)n3)c(F)cc2C2CC2)c1=O. The largest absolute Gasteiger partial charge is 0.368 e. The Morgan fingerprint density at radius 1 is 1.08 bits per heavy atom. The van der Waals surface area contributed by atoms with Gasteiger partial charge in [-0.05, 0) is 73.6 Å². The number of aromatic nitrogens is 6. The van der Waals surface area contributed by atoms with Crippen LogP contribution in [0.4, 0.5) is 35.0 Å². The number of halogens is 4. The van der Waals surface area contributed by atoms with Gasteiger partial charge in [-0.15, -0.1) is 0 Å². The molecular weight excluding hydrogens is 518 g/mol. The van der Waals surface area contributed by atoms with Crippen molar-refractivity contribution in [1.82, 2.24) is 34.7 Å². The van der Waals surface area contributed by atoms with Crippen LogP contribution in [-0.2, 0) is 7.05 Å². The maximum Gasteiger partial charge on any atom is 0.368 e. The minimum Gasteiger partial charge on any atom is -0.365 e. The lowest BCUT2D eigenvalue weighted by atomic mass is 9.84. The molecule has 3 aliphatic rings. The van der Waals surface area contributed by atoms with E-state index in [1.165, 1.54) is 19.2 Å². The molecule has 1 saturated carbocycles. The van der Waals surface area contributed by atoms with Gasteiger partial charge in [-0.1, -0.05) is 0 Å². The van der Waals surface area contributed by atoms with Crippen molar-refractivity contribution in [3.05, 3.63) is 46.0 Å². The van der Waals surface area contributed by atoms with Crippen LogP contribution in [0.2, 0.25) is 0 Å². The molecule has 2 aliphatic heterocycles. The molecule has 0 spiro atoms. The molecule has 39 heavy (non-hydrogen) atoms. The van der Waals surface area contributed by atoms with Crippen LogP contribution >= 0.6 is 0 Å². The first-order valence-corrected chi connectivity index (χ1v) is 12.9. The van der Waals surface area contributed by atoms with Gasteiger partial charge >= 0.3 is 5.69 Å². The number of alkyl halides is 2. The van der Waals surface area contributed by atoms with E-state index in [0.717, 1.165) is 28.4 Å². The summed E-state index contributed by atoms with van der Waals surface area (Å²) in [6.45, 7) is 3.54. The molecule has 0 amide bonds. The molecule has 10 nitrogen and oxygen atoms in total. The second-order valence-corrected chi connectivity index (χ2v) is 11.4. The number of nitrogens with one attached hydrogen (secondary N) is 2. The molecule has 0 bridgehead atoms. The van der Waals surface area contributed by atoms with Gasteiger partial charge in [0.1, 0.15) is 5.82 Å². The molecule has 0 radical (unpaired) electrons. The number of tetrazole rings is 1. The highest BCUT2D eigenvalue weighted by Gasteiger charge is 2.53. The molecule has 2 atom stereocenters. The molecule has 0 unspecified atom stereocenters. The standard InChI is InChI=1S/C25H29F4N9O/c1-24(2)9-14(6-15-10-25(28,29)12-37(15)24)31-21-18(27)11-30-22(33-21)32-19-8-20(38-23(39)36(3)34-35-38)16(7-17(19)26)13-4-5-13/h7-8,11,13-15H,4-6,9-10,12H2,1-3H3,(H2,30,31,32,33)/t14-,15-/m1/s1. The zero-order chi connectivity index (χ0) is 27.7. The van der Waals surface area contributed by atoms with Crippen molar-refractivity contribution in [2.75, 3.05) is 17.2 Å². The molecule has 3 fully saturated rings. The molecule has 2 aromatic heterocycles. The Labute approximate surface area is 221 Å². The van der Waals surface area contributed by atoms with Crippen LogP contribution in [-0.4, -0.2) is 64.7 Å². The zero-order valence-electron chi connectivity index (χ0n) is 21.8. The lowest BCUT2D eigenvalue weighted by molar-refractivity contribution is -0.00687. The zero-order valence-corrected chi connectivity index (χ0v) is 21.8. The lowest BCUT2D eigenvalue weighted by Crippen LogP contribution is -2.55. The number of hydrogen-bond acceptors (Lipinski definition) is 8. The number of benzene rings is 1. The first kappa shape index (κ1) is 25.7. The normalized spacial score (nSPS) is 24.0. The van der Waals surface area contributed by atoms with E-state index < -0.39 is 28.8 Å². The second-order valence-electron chi connectivity index (χ2n) is 11.4. The monoisotopic (exact) mass is 547 g/mol. The molecule has 2 N–H and O–H groups in total. The minimum absolute atomic E-state index is 0.0212. The number of nitrogens with zero attached hydrogens (tertiary/aromatic N) is 7. The average Bonchev–Trinajstić information content (AvgIpc) is 3.57. The maximum atomic E-state index is 15.1. The van der Waals surface area contributed by atoms with Crippen LogP contribution in [0.1, 0.15) is 57.4 Å². The highest BCUT2D eigenvalue weighted by molar-refractivity contribution is 5.62. The second kappa shape index (κ2) is 9.00. The summed E-state index contributed by atoms with van der Waals surface area (Å²) in [4.78, 5) is 22.5. The Balaban J connectivity index is 1.26. The van der Waals surface area contributed by atoms with E-state index in [4.69, 9.17) is 0 Å².